The molecular weight excluding hydrogens is 314 g/mol. The maximum Gasteiger partial charge on any atom is 0.226 e. The van der Waals surface area contributed by atoms with Crippen LogP contribution in [0.5, 0.6) is 0 Å². The molecule has 2 atom stereocenters. The molecule has 3 rings (SSSR count). The topological polar surface area (TPSA) is 61.4 Å². The van der Waals surface area contributed by atoms with Crippen molar-refractivity contribution in [2.24, 2.45) is 17.3 Å². The third kappa shape index (κ3) is 4.00. The Bertz CT molecular complexity index is 438. The van der Waals surface area contributed by atoms with Crippen LogP contribution in [0.3, 0.4) is 0 Å². The van der Waals surface area contributed by atoms with Crippen molar-refractivity contribution in [1.82, 2.24) is 15.5 Å². The lowest BCUT2D eigenvalue weighted by Gasteiger charge is -2.33. The van der Waals surface area contributed by atoms with Gasteiger partial charge in [-0.2, -0.15) is 0 Å². The molecule has 3 aliphatic rings. The molecule has 23 heavy (non-hydrogen) atoms. The van der Waals surface area contributed by atoms with Gasteiger partial charge in [0.15, 0.2) is 0 Å². The van der Waals surface area contributed by atoms with E-state index in [4.69, 9.17) is 0 Å². The lowest BCUT2D eigenvalue weighted by Crippen LogP contribution is -2.46. The van der Waals surface area contributed by atoms with Crippen LogP contribution in [0, 0.1) is 17.3 Å². The molecule has 132 valence electrons. The van der Waals surface area contributed by atoms with Gasteiger partial charge in [0.2, 0.25) is 11.8 Å². The number of hydrogen-bond donors (Lipinski definition) is 2. The summed E-state index contributed by atoms with van der Waals surface area (Å²) in [6.45, 7) is 6.35. The first-order chi connectivity index (χ1) is 10.7. The van der Waals surface area contributed by atoms with E-state index in [1.165, 1.54) is 0 Å². The van der Waals surface area contributed by atoms with Crippen LogP contribution in [0.2, 0.25) is 0 Å². The van der Waals surface area contributed by atoms with Crippen molar-refractivity contribution in [3.05, 3.63) is 0 Å². The minimum Gasteiger partial charge on any atom is -0.356 e. The lowest BCUT2D eigenvalue weighted by atomic mass is 9.91. The number of rotatable bonds is 4. The van der Waals surface area contributed by atoms with Gasteiger partial charge in [-0.25, -0.2) is 0 Å². The maximum absolute atomic E-state index is 12.8. The molecule has 0 radical (unpaired) electrons. The van der Waals surface area contributed by atoms with Gasteiger partial charge >= 0.3 is 0 Å². The molecule has 2 heterocycles. The highest BCUT2D eigenvalue weighted by atomic mass is 35.5. The highest BCUT2D eigenvalue weighted by Gasteiger charge is 2.58. The van der Waals surface area contributed by atoms with Gasteiger partial charge in [-0.05, 0) is 57.0 Å². The zero-order valence-electron chi connectivity index (χ0n) is 14.1. The van der Waals surface area contributed by atoms with Crippen molar-refractivity contribution in [3.8, 4) is 0 Å². The van der Waals surface area contributed by atoms with Crippen molar-refractivity contribution in [2.75, 3.05) is 32.7 Å². The summed E-state index contributed by atoms with van der Waals surface area (Å²) in [4.78, 5) is 26.9. The van der Waals surface area contributed by atoms with Crippen molar-refractivity contribution in [1.29, 1.82) is 0 Å². The Morgan fingerprint density at radius 1 is 1.30 bits per heavy atom. The number of piperidine rings is 2. The summed E-state index contributed by atoms with van der Waals surface area (Å²) in [5.41, 5.74) is 0.291. The molecule has 0 aromatic heterocycles. The van der Waals surface area contributed by atoms with Gasteiger partial charge in [-0.15, -0.1) is 12.4 Å². The molecule has 2 aliphatic heterocycles. The van der Waals surface area contributed by atoms with E-state index in [2.05, 4.69) is 17.6 Å². The van der Waals surface area contributed by atoms with Crippen molar-refractivity contribution < 1.29 is 9.59 Å². The van der Waals surface area contributed by atoms with Gasteiger partial charge in [-0.1, -0.05) is 6.92 Å². The molecule has 1 aliphatic carbocycles. The number of amides is 2. The molecule has 0 aromatic carbocycles. The molecule has 2 saturated heterocycles. The van der Waals surface area contributed by atoms with Crippen LogP contribution in [-0.2, 0) is 9.59 Å². The molecule has 3 fully saturated rings. The van der Waals surface area contributed by atoms with E-state index in [1.807, 2.05) is 4.90 Å². The van der Waals surface area contributed by atoms with Gasteiger partial charge in [0.1, 0.15) is 0 Å². The summed E-state index contributed by atoms with van der Waals surface area (Å²) in [6, 6.07) is 0. The first-order valence-electron chi connectivity index (χ1n) is 8.93. The molecule has 2 amide bonds. The summed E-state index contributed by atoms with van der Waals surface area (Å²) in [5, 5.41) is 6.36. The second-order valence-electron chi connectivity index (χ2n) is 7.28. The fourth-order valence-corrected chi connectivity index (χ4v) is 4.18. The van der Waals surface area contributed by atoms with Crippen LogP contribution in [0.25, 0.3) is 0 Å². The van der Waals surface area contributed by atoms with Crippen molar-refractivity contribution in [3.63, 3.8) is 0 Å². The fourth-order valence-electron chi connectivity index (χ4n) is 4.18. The van der Waals surface area contributed by atoms with Crippen LogP contribution in [0.15, 0.2) is 0 Å². The van der Waals surface area contributed by atoms with Gasteiger partial charge in [0, 0.05) is 25.6 Å². The SMILES string of the molecule is CCCNC(=O)C1CCCN(C(=O)C2CC23CCNCC3)C1.Cl. The monoisotopic (exact) mass is 343 g/mol. The van der Waals surface area contributed by atoms with Gasteiger partial charge < -0.3 is 15.5 Å². The molecule has 0 bridgehead atoms. The zero-order valence-corrected chi connectivity index (χ0v) is 14.9. The number of carbonyl (C=O) groups is 2. The average Bonchev–Trinajstić information content (AvgIpc) is 3.25. The maximum atomic E-state index is 12.8. The summed E-state index contributed by atoms with van der Waals surface area (Å²) in [5.74, 6) is 0.667. The molecule has 2 unspecified atom stereocenters. The van der Waals surface area contributed by atoms with E-state index in [0.29, 0.717) is 17.9 Å². The Hall–Kier alpha value is -0.810. The molecule has 2 N–H and O–H groups in total. The average molecular weight is 344 g/mol. The van der Waals surface area contributed by atoms with Crippen LogP contribution in [-0.4, -0.2) is 49.4 Å². The van der Waals surface area contributed by atoms with E-state index >= 15 is 0 Å². The zero-order chi connectivity index (χ0) is 15.6. The largest absolute Gasteiger partial charge is 0.356 e. The number of likely N-dealkylation sites (tertiary alicyclic amines) is 1. The summed E-state index contributed by atoms with van der Waals surface area (Å²) >= 11 is 0. The Kier molecular flexibility index (Phi) is 6.32. The molecule has 1 spiro atoms. The first kappa shape index (κ1) is 18.5. The number of nitrogens with one attached hydrogen (secondary N) is 2. The second-order valence-corrected chi connectivity index (χ2v) is 7.28. The van der Waals surface area contributed by atoms with E-state index in [0.717, 1.165) is 64.7 Å². The predicted octanol–water partition coefficient (Wildman–Crippen LogP) is 1.56. The lowest BCUT2D eigenvalue weighted by molar-refractivity contribution is -0.137. The number of hydrogen-bond acceptors (Lipinski definition) is 3. The van der Waals surface area contributed by atoms with E-state index in [9.17, 15) is 9.59 Å². The van der Waals surface area contributed by atoms with Gasteiger partial charge in [0.25, 0.3) is 0 Å². The normalized spacial score (nSPS) is 28.8. The Morgan fingerprint density at radius 2 is 2.04 bits per heavy atom. The van der Waals surface area contributed by atoms with Gasteiger partial charge in [0.05, 0.1) is 5.92 Å². The van der Waals surface area contributed by atoms with Crippen molar-refractivity contribution in [2.45, 2.75) is 45.4 Å². The van der Waals surface area contributed by atoms with Crippen LogP contribution in [0.1, 0.15) is 45.4 Å². The smallest absolute Gasteiger partial charge is 0.226 e. The second kappa shape index (κ2) is 7.84. The number of carbonyl (C=O) groups excluding carboxylic acids is 2. The van der Waals surface area contributed by atoms with E-state index in [1.54, 1.807) is 0 Å². The first-order valence-corrected chi connectivity index (χ1v) is 8.93. The minimum atomic E-state index is -0.00743. The summed E-state index contributed by atoms with van der Waals surface area (Å²) < 4.78 is 0. The highest BCUT2D eigenvalue weighted by molar-refractivity contribution is 5.85. The van der Waals surface area contributed by atoms with Crippen molar-refractivity contribution >= 4 is 24.2 Å². The molecule has 1 saturated carbocycles. The number of nitrogens with zero attached hydrogens (tertiary/aromatic N) is 1. The highest BCUT2D eigenvalue weighted by Crippen LogP contribution is 2.59. The molecule has 0 aromatic rings. The Balaban J connectivity index is 0.00000192. The molecule has 5 nitrogen and oxygen atoms in total. The predicted molar refractivity (Wildman–Crippen MR) is 92.5 cm³/mol. The van der Waals surface area contributed by atoms with Crippen LogP contribution in [0.4, 0.5) is 0 Å². The van der Waals surface area contributed by atoms with Crippen LogP contribution < -0.4 is 10.6 Å². The van der Waals surface area contributed by atoms with E-state index in [-0.39, 0.29) is 30.2 Å². The standard InChI is InChI=1S/C17H29N3O2.ClH/c1-2-7-19-15(21)13-4-3-10-20(12-13)16(22)14-11-17(14)5-8-18-9-6-17;/h13-14,18H,2-12H2,1H3,(H,19,21);1H. The van der Waals surface area contributed by atoms with Gasteiger partial charge in [-0.3, -0.25) is 9.59 Å². The van der Waals surface area contributed by atoms with E-state index < -0.39 is 0 Å². The third-order valence-corrected chi connectivity index (χ3v) is 5.74. The molecular formula is C17H30ClN3O2. The quantitative estimate of drug-likeness (QED) is 0.814. The third-order valence-electron chi connectivity index (χ3n) is 5.74. The van der Waals surface area contributed by atoms with Crippen LogP contribution >= 0.6 is 12.4 Å². The Labute approximate surface area is 145 Å². The number of halogens is 1. The minimum absolute atomic E-state index is 0. The summed E-state index contributed by atoms with van der Waals surface area (Å²) in [6.07, 6.45) is 6.17. The molecule has 6 heteroatoms. The summed E-state index contributed by atoms with van der Waals surface area (Å²) in [7, 11) is 0. The Morgan fingerprint density at radius 3 is 2.74 bits per heavy atom. The fraction of sp³-hybridized carbons (Fsp3) is 0.882.